The highest BCUT2D eigenvalue weighted by Crippen LogP contribution is 2.22. The number of nitrogens with zero attached hydrogens (tertiary/aromatic N) is 4. The van der Waals surface area contributed by atoms with E-state index in [4.69, 9.17) is 0 Å². The molecule has 0 aromatic carbocycles. The molecule has 0 unspecified atom stereocenters. The summed E-state index contributed by atoms with van der Waals surface area (Å²) in [6.45, 7) is 6.85. The van der Waals surface area contributed by atoms with E-state index in [1.54, 1.807) is 6.07 Å². The molecule has 1 aliphatic rings. The Balaban J connectivity index is 1.72. The normalized spacial score (nSPS) is 17.7. The van der Waals surface area contributed by atoms with Crippen LogP contribution in [0.15, 0.2) is 18.3 Å². The minimum absolute atomic E-state index is 0.634. The van der Waals surface area contributed by atoms with E-state index in [-0.39, 0.29) is 0 Å². The second-order valence-electron chi connectivity index (χ2n) is 6.20. The highest BCUT2D eigenvalue weighted by atomic mass is 16.1. The van der Waals surface area contributed by atoms with Crippen molar-refractivity contribution in [3.63, 3.8) is 0 Å². The molecule has 2 aromatic heterocycles. The van der Waals surface area contributed by atoms with Gasteiger partial charge in [-0.15, -0.1) is 10.2 Å². The summed E-state index contributed by atoms with van der Waals surface area (Å²) in [7, 11) is 0. The van der Waals surface area contributed by atoms with Gasteiger partial charge >= 0.3 is 0 Å². The molecule has 0 aliphatic carbocycles. The van der Waals surface area contributed by atoms with Crippen LogP contribution in [0.25, 0.3) is 5.65 Å². The number of aldehydes is 1. The van der Waals surface area contributed by atoms with Crippen molar-refractivity contribution in [2.45, 2.75) is 39.2 Å². The molecule has 0 spiro atoms. The van der Waals surface area contributed by atoms with Gasteiger partial charge in [-0.3, -0.25) is 9.20 Å². The third-order valence-corrected chi connectivity index (χ3v) is 4.48. The number of hydrogen-bond acceptors (Lipinski definition) is 4. The highest BCUT2D eigenvalue weighted by Gasteiger charge is 2.22. The Kier molecular flexibility index (Phi) is 4.01. The number of aromatic nitrogens is 3. The van der Waals surface area contributed by atoms with Gasteiger partial charge < -0.3 is 4.90 Å². The lowest BCUT2D eigenvalue weighted by Gasteiger charge is -2.34. The fourth-order valence-electron chi connectivity index (χ4n) is 3.10. The molecule has 1 fully saturated rings. The van der Waals surface area contributed by atoms with Crippen molar-refractivity contribution in [1.82, 2.24) is 19.5 Å². The fourth-order valence-corrected chi connectivity index (χ4v) is 3.10. The molecule has 0 amide bonds. The van der Waals surface area contributed by atoms with Crippen LogP contribution in [0.1, 0.15) is 42.9 Å². The zero-order chi connectivity index (χ0) is 14.8. The third kappa shape index (κ3) is 2.97. The summed E-state index contributed by atoms with van der Waals surface area (Å²) >= 11 is 0. The first-order valence-corrected chi connectivity index (χ1v) is 7.70. The Morgan fingerprint density at radius 1 is 1.29 bits per heavy atom. The number of rotatable bonds is 4. The monoisotopic (exact) mass is 286 g/mol. The van der Waals surface area contributed by atoms with Crippen molar-refractivity contribution >= 4 is 11.9 Å². The van der Waals surface area contributed by atoms with Crippen molar-refractivity contribution in [1.29, 1.82) is 0 Å². The number of piperidine rings is 1. The fraction of sp³-hybridized carbons (Fsp3) is 0.562. The number of likely N-dealkylation sites (tertiary alicyclic amines) is 1. The Bertz CT molecular complexity index is 626. The van der Waals surface area contributed by atoms with Gasteiger partial charge in [0, 0.05) is 24.2 Å². The predicted octanol–water partition coefficient (Wildman–Crippen LogP) is 2.20. The van der Waals surface area contributed by atoms with Gasteiger partial charge in [-0.05, 0) is 57.8 Å². The summed E-state index contributed by atoms with van der Waals surface area (Å²) in [4.78, 5) is 13.4. The smallest absolute Gasteiger partial charge is 0.160 e. The number of fused-ring (bicyclic) bond motifs is 1. The molecule has 112 valence electrons. The van der Waals surface area contributed by atoms with Crippen molar-refractivity contribution in [3.05, 3.63) is 29.7 Å². The standard InChI is InChI=1S/C16H22N4O/c1-12(2)19-7-5-13(6-8-19)9-16-18-17-15-4-3-14(11-21)10-20(15)16/h3-4,10-13H,5-9H2,1-2H3. The van der Waals surface area contributed by atoms with Gasteiger partial charge in [0.15, 0.2) is 11.9 Å². The Hall–Kier alpha value is -1.75. The summed E-state index contributed by atoms with van der Waals surface area (Å²) in [5.74, 6) is 1.63. The van der Waals surface area contributed by atoms with E-state index in [2.05, 4.69) is 28.9 Å². The van der Waals surface area contributed by atoms with E-state index < -0.39 is 0 Å². The summed E-state index contributed by atoms with van der Waals surface area (Å²) in [6.07, 6.45) is 6.06. The van der Waals surface area contributed by atoms with Gasteiger partial charge in [0.05, 0.1) is 0 Å². The van der Waals surface area contributed by atoms with E-state index in [9.17, 15) is 4.79 Å². The van der Waals surface area contributed by atoms with Crippen LogP contribution in [0.5, 0.6) is 0 Å². The molecule has 0 N–H and O–H groups in total. The van der Waals surface area contributed by atoms with Crippen LogP contribution in [-0.4, -0.2) is 44.9 Å². The van der Waals surface area contributed by atoms with Crippen LogP contribution in [0.4, 0.5) is 0 Å². The van der Waals surface area contributed by atoms with Crippen molar-refractivity contribution in [3.8, 4) is 0 Å². The molecule has 1 aliphatic heterocycles. The van der Waals surface area contributed by atoms with Crippen LogP contribution in [0.2, 0.25) is 0 Å². The van der Waals surface area contributed by atoms with Crippen LogP contribution >= 0.6 is 0 Å². The molecule has 0 saturated carbocycles. The third-order valence-electron chi connectivity index (χ3n) is 4.48. The topological polar surface area (TPSA) is 50.5 Å². The number of carbonyl (C=O) groups is 1. The molecule has 3 rings (SSSR count). The molecule has 1 saturated heterocycles. The van der Waals surface area contributed by atoms with Gasteiger partial charge in [-0.25, -0.2) is 0 Å². The van der Waals surface area contributed by atoms with Crippen LogP contribution in [0, 0.1) is 5.92 Å². The van der Waals surface area contributed by atoms with Crippen molar-refractivity contribution < 1.29 is 4.79 Å². The van der Waals surface area contributed by atoms with Gasteiger partial charge in [0.1, 0.15) is 5.82 Å². The minimum atomic E-state index is 0.634. The van der Waals surface area contributed by atoms with Gasteiger partial charge in [-0.1, -0.05) is 0 Å². The molecule has 5 nitrogen and oxygen atoms in total. The van der Waals surface area contributed by atoms with E-state index in [1.165, 1.54) is 25.9 Å². The summed E-state index contributed by atoms with van der Waals surface area (Å²) in [5.41, 5.74) is 1.48. The second kappa shape index (κ2) is 5.93. The number of hydrogen-bond donors (Lipinski definition) is 0. The molecule has 2 aromatic rings. The molecule has 5 heteroatoms. The largest absolute Gasteiger partial charge is 0.301 e. The molecule has 3 heterocycles. The Morgan fingerprint density at radius 2 is 2.05 bits per heavy atom. The zero-order valence-corrected chi connectivity index (χ0v) is 12.7. The summed E-state index contributed by atoms with van der Waals surface area (Å²) in [5, 5.41) is 8.49. The summed E-state index contributed by atoms with van der Waals surface area (Å²) < 4.78 is 1.96. The molecular weight excluding hydrogens is 264 g/mol. The maximum absolute atomic E-state index is 10.9. The number of pyridine rings is 1. The maximum atomic E-state index is 10.9. The lowest BCUT2D eigenvalue weighted by atomic mass is 9.92. The first-order chi connectivity index (χ1) is 10.2. The van der Waals surface area contributed by atoms with E-state index in [1.807, 2.05) is 16.7 Å². The molecule has 21 heavy (non-hydrogen) atoms. The average Bonchev–Trinajstić information content (AvgIpc) is 2.90. The summed E-state index contributed by atoms with van der Waals surface area (Å²) in [6, 6.07) is 4.26. The second-order valence-corrected chi connectivity index (χ2v) is 6.20. The number of carbonyl (C=O) groups excluding carboxylic acids is 1. The van der Waals surface area contributed by atoms with Gasteiger partial charge in [0.25, 0.3) is 0 Å². The SMILES string of the molecule is CC(C)N1CCC(Cc2nnc3ccc(C=O)cn23)CC1. The van der Waals surface area contributed by atoms with Crippen LogP contribution in [0.3, 0.4) is 0 Å². The molecule has 0 radical (unpaired) electrons. The molecule has 0 atom stereocenters. The van der Waals surface area contributed by atoms with Crippen molar-refractivity contribution in [2.75, 3.05) is 13.1 Å². The molecule has 0 bridgehead atoms. The zero-order valence-electron chi connectivity index (χ0n) is 12.7. The minimum Gasteiger partial charge on any atom is -0.301 e. The lowest BCUT2D eigenvalue weighted by molar-refractivity contribution is 0.112. The first-order valence-electron chi connectivity index (χ1n) is 7.70. The van der Waals surface area contributed by atoms with Crippen molar-refractivity contribution in [2.24, 2.45) is 5.92 Å². The van der Waals surface area contributed by atoms with Crippen LogP contribution in [-0.2, 0) is 6.42 Å². The first kappa shape index (κ1) is 14.2. The average molecular weight is 286 g/mol. The van der Waals surface area contributed by atoms with E-state index in [0.717, 1.165) is 24.2 Å². The Labute approximate surface area is 125 Å². The molecular formula is C16H22N4O. The van der Waals surface area contributed by atoms with E-state index in [0.29, 0.717) is 17.5 Å². The van der Waals surface area contributed by atoms with Gasteiger partial charge in [-0.2, -0.15) is 0 Å². The Morgan fingerprint density at radius 3 is 2.71 bits per heavy atom. The quantitative estimate of drug-likeness (QED) is 0.809. The van der Waals surface area contributed by atoms with Gasteiger partial charge in [0.2, 0.25) is 0 Å². The van der Waals surface area contributed by atoms with Crippen LogP contribution < -0.4 is 0 Å². The lowest BCUT2D eigenvalue weighted by Crippen LogP contribution is -2.39. The maximum Gasteiger partial charge on any atom is 0.160 e. The highest BCUT2D eigenvalue weighted by molar-refractivity contribution is 5.74. The predicted molar refractivity (Wildman–Crippen MR) is 81.5 cm³/mol. The van der Waals surface area contributed by atoms with E-state index >= 15 is 0 Å².